The zero-order chi connectivity index (χ0) is 18.3. The molecule has 4 heteroatoms. The van der Waals surface area contributed by atoms with Gasteiger partial charge >= 0.3 is 0 Å². The van der Waals surface area contributed by atoms with E-state index in [1.165, 1.54) is 19.3 Å². The van der Waals surface area contributed by atoms with Crippen LogP contribution in [0.4, 0.5) is 0 Å². The Labute approximate surface area is 152 Å². The Morgan fingerprint density at radius 1 is 1.04 bits per heavy atom. The molecule has 1 aromatic rings. The van der Waals surface area contributed by atoms with Gasteiger partial charge in [0.05, 0.1) is 11.5 Å². The Bertz CT molecular complexity index is 772. The van der Waals surface area contributed by atoms with Gasteiger partial charge in [-0.05, 0) is 68.4 Å². The molecule has 2 aliphatic carbocycles. The van der Waals surface area contributed by atoms with Gasteiger partial charge in [0.15, 0.2) is 0 Å². The van der Waals surface area contributed by atoms with Crippen molar-refractivity contribution in [1.29, 1.82) is 0 Å². The Hall–Kier alpha value is -1.13. The SMILES string of the molecule is Cc1ccc(S(=O)(=O)OCC2(C)CCC3=C(CCCC3(C)C)C2)cc1. The molecule has 138 valence electrons. The number of benzene rings is 1. The first-order valence-electron chi connectivity index (χ1n) is 9.29. The van der Waals surface area contributed by atoms with Crippen molar-refractivity contribution < 1.29 is 12.6 Å². The molecule has 0 N–H and O–H groups in total. The van der Waals surface area contributed by atoms with Crippen molar-refractivity contribution in [3.63, 3.8) is 0 Å². The van der Waals surface area contributed by atoms with Gasteiger partial charge in [0, 0.05) is 0 Å². The van der Waals surface area contributed by atoms with Crippen molar-refractivity contribution in [3.05, 3.63) is 41.0 Å². The summed E-state index contributed by atoms with van der Waals surface area (Å²) in [5, 5.41) is 0. The summed E-state index contributed by atoms with van der Waals surface area (Å²) in [6.07, 6.45) is 6.71. The van der Waals surface area contributed by atoms with Gasteiger partial charge in [-0.3, -0.25) is 4.18 Å². The van der Waals surface area contributed by atoms with Crippen LogP contribution in [0, 0.1) is 17.8 Å². The Kier molecular flexibility index (Phi) is 4.89. The molecule has 25 heavy (non-hydrogen) atoms. The van der Waals surface area contributed by atoms with Gasteiger partial charge in [-0.2, -0.15) is 8.42 Å². The van der Waals surface area contributed by atoms with Crippen molar-refractivity contribution in [2.75, 3.05) is 6.61 Å². The van der Waals surface area contributed by atoms with Crippen LogP contribution in [0.3, 0.4) is 0 Å². The largest absolute Gasteiger partial charge is 0.296 e. The van der Waals surface area contributed by atoms with E-state index in [9.17, 15) is 8.42 Å². The monoisotopic (exact) mass is 362 g/mol. The van der Waals surface area contributed by atoms with Crippen LogP contribution in [0.15, 0.2) is 40.3 Å². The highest BCUT2D eigenvalue weighted by Gasteiger charge is 2.39. The van der Waals surface area contributed by atoms with Crippen molar-refractivity contribution in [2.45, 2.75) is 71.1 Å². The van der Waals surface area contributed by atoms with Gasteiger partial charge in [0.25, 0.3) is 10.1 Å². The summed E-state index contributed by atoms with van der Waals surface area (Å²) in [6, 6.07) is 6.86. The fourth-order valence-electron chi connectivity index (χ4n) is 4.38. The van der Waals surface area contributed by atoms with Crippen LogP contribution < -0.4 is 0 Å². The molecule has 2 aliphatic rings. The van der Waals surface area contributed by atoms with E-state index in [1.807, 2.05) is 6.92 Å². The van der Waals surface area contributed by atoms with Gasteiger partial charge in [0.2, 0.25) is 0 Å². The van der Waals surface area contributed by atoms with Crippen molar-refractivity contribution in [2.24, 2.45) is 10.8 Å². The van der Waals surface area contributed by atoms with Crippen LogP contribution in [0.5, 0.6) is 0 Å². The van der Waals surface area contributed by atoms with Gasteiger partial charge in [-0.1, -0.05) is 49.6 Å². The molecule has 1 unspecified atom stereocenters. The van der Waals surface area contributed by atoms with Crippen LogP contribution >= 0.6 is 0 Å². The molecule has 0 bridgehead atoms. The third kappa shape index (κ3) is 4.01. The van der Waals surface area contributed by atoms with E-state index in [4.69, 9.17) is 4.18 Å². The first kappa shape index (κ1) is 18.7. The Morgan fingerprint density at radius 3 is 2.40 bits per heavy atom. The average Bonchev–Trinajstić information content (AvgIpc) is 2.53. The van der Waals surface area contributed by atoms with Crippen LogP contribution in [0.2, 0.25) is 0 Å². The molecule has 0 heterocycles. The summed E-state index contributed by atoms with van der Waals surface area (Å²) in [4.78, 5) is 0.246. The molecule has 0 aromatic heterocycles. The number of allylic oxidation sites excluding steroid dienone is 2. The molecule has 0 spiro atoms. The minimum absolute atomic E-state index is 0.0932. The maximum Gasteiger partial charge on any atom is 0.296 e. The van der Waals surface area contributed by atoms with E-state index in [-0.39, 0.29) is 16.9 Å². The number of hydrogen-bond donors (Lipinski definition) is 0. The van der Waals surface area contributed by atoms with E-state index < -0.39 is 10.1 Å². The van der Waals surface area contributed by atoms with Crippen LogP contribution in [0.1, 0.15) is 64.9 Å². The highest BCUT2D eigenvalue weighted by molar-refractivity contribution is 7.86. The summed E-state index contributed by atoms with van der Waals surface area (Å²) in [5.74, 6) is 0. The standard InChI is InChI=1S/C21H30O3S/c1-16-7-9-18(10-8-16)25(22,23)24-15-21(4)13-11-19-17(14-21)6-5-12-20(19,2)3/h7-10H,5-6,11-15H2,1-4H3. The lowest BCUT2D eigenvalue weighted by Crippen LogP contribution is -2.33. The fraction of sp³-hybridized carbons (Fsp3) is 0.619. The Balaban J connectivity index is 1.71. The van der Waals surface area contributed by atoms with Gasteiger partial charge in [0.1, 0.15) is 0 Å². The molecule has 3 nitrogen and oxygen atoms in total. The lowest BCUT2D eigenvalue weighted by Gasteiger charge is -2.44. The minimum atomic E-state index is -3.68. The quantitative estimate of drug-likeness (QED) is 0.532. The molecular formula is C21H30O3S. The normalized spacial score (nSPS) is 26.4. The van der Waals surface area contributed by atoms with Gasteiger partial charge in [-0.25, -0.2) is 0 Å². The first-order chi connectivity index (χ1) is 11.6. The molecule has 0 saturated heterocycles. The molecule has 0 fully saturated rings. The Morgan fingerprint density at radius 2 is 1.72 bits per heavy atom. The maximum atomic E-state index is 12.5. The van der Waals surface area contributed by atoms with Gasteiger partial charge in [-0.15, -0.1) is 0 Å². The molecule has 1 atom stereocenters. The lowest BCUT2D eigenvalue weighted by molar-refractivity contribution is 0.137. The zero-order valence-electron chi connectivity index (χ0n) is 15.9. The summed E-state index contributed by atoms with van der Waals surface area (Å²) in [6.45, 7) is 9.08. The smallest absolute Gasteiger partial charge is 0.266 e. The van der Waals surface area contributed by atoms with E-state index in [0.29, 0.717) is 5.41 Å². The third-order valence-corrected chi connectivity index (χ3v) is 7.29. The molecule has 1 aromatic carbocycles. The van der Waals surface area contributed by atoms with Crippen LogP contribution in [0.25, 0.3) is 0 Å². The minimum Gasteiger partial charge on any atom is -0.266 e. The molecule has 0 amide bonds. The predicted molar refractivity (Wildman–Crippen MR) is 101 cm³/mol. The van der Waals surface area contributed by atoms with E-state index in [1.54, 1.807) is 35.4 Å². The summed E-state index contributed by atoms with van der Waals surface area (Å²) in [5.41, 5.74) is 4.44. The average molecular weight is 363 g/mol. The molecule has 0 aliphatic heterocycles. The zero-order valence-corrected chi connectivity index (χ0v) is 16.7. The fourth-order valence-corrected chi connectivity index (χ4v) is 5.43. The van der Waals surface area contributed by atoms with Crippen LogP contribution in [-0.4, -0.2) is 15.0 Å². The van der Waals surface area contributed by atoms with Crippen molar-refractivity contribution >= 4 is 10.1 Å². The number of aryl methyl sites for hydroxylation is 1. The molecule has 0 saturated carbocycles. The molecular weight excluding hydrogens is 332 g/mol. The second-order valence-electron chi connectivity index (χ2n) is 8.84. The summed E-state index contributed by atoms with van der Waals surface area (Å²) in [7, 11) is -3.68. The van der Waals surface area contributed by atoms with Gasteiger partial charge < -0.3 is 0 Å². The van der Waals surface area contributed by atoms with Crippen LogP contribution in [-0.2, 0) is 14.3 Å². The third-order valence-electron chi connectivity index (χ3n) is 6.01. The number of rotatable bonds is 4. The summed E-state index contributed by atoms with van der Waals surface area (Å²) < 4.78 is 30.4. The maximum absolute atomic E-state index is 12.5. The van der Waals surface area contributed by atoms with Crippen molar-refractivity contribution in [1.82, 2.24) is 0 Å². The van der Waals surface area contributed by atoms with E-state index in [0.717, 1.165) is 24.8 Å². The summed E-state index contributed by atoms with van der Waals surface area (Å²) >= 11 is 0. The molecule has 0 radical (unpaired) electrons. The number of hydrogen-bond acceptors (Lipinski definition) is 3. The highest BCUT2D eigenvalue weighted by Crippen LogP contribution is 2.51. The van der Waals surface area contributed by atoms with E-state index in [2.05, 4.69) is 20.8 Å². The second kappa shape index (κ2) is 6.55. The lowest BCUT2D eigenvalue weighted by atomic mass is 9.62. The predicted octanol–water partition coefficient (Wildman–Crippen LogP) is 5.40. The second-order valence-corrected chi connectivity index (χ2v) is 10.5. The van der Waals surface area contributed by atoms with E-state index >= 15 is 0 Å². The first-order valence-corrected chi connectivity index (χ1v) is 10.7. The highest BCUT2D eigenvalue weighted by atomic mass is 32.2. The van der Waals surface area contributed by atoms with Crippen molar-refractivity contribution in [3.8, 4) is 0 Å². The molecule has 3 rings (SSSR count). The topological polar surface area (TPSA) is 43.4 Å².